The highest BCUT2D eigenvalue weighted by molar-refractivity contribution is 6.08. The fraction of sp³-hybridized carbons (Fsp3) is 0.105. The molecule has 3 aromatic rings. The molecule has 7 heteroatoms. The van der Waals surface area contributed by atoms with Crippen LogP contribution >= 0.6 is 0 Å². The predicted octanol–water partition coefficient (Wildman–Crippen LogP) is 4.36. The Labute approximate surface area is 149 Å². The first-order chi connectivity index (χ1) is 12.5. The molecule has 1 amide bonds. The van der Waals surface area contributed by atoms with E-state index in [1.54, 1.807) is 30.5 Å². The lowest BCUT2D eigenvalue weighted by Gasteiger charge is -2.12. The van der Waals surface area contributed by atoms with Gasteiger partial charge in [0.25, 0.3) is 11.6 Å². The van der Waals surface area contributed by atoms with Crippen LogP contribution in [0.25, 0.3) is 0 Å². The van der Waals surface area contributed by atoms with E-state index in [4.69, 9.17) is 4.42 Å². The van der Waals surface area contributed by atoms with Crippen LogP contribution in [0.15, 0.2) is 65.3 Å². The van der Waals surface area contributed by atoms with Crippen molar-refractivity contribution in [3.8, 4) is 0 Å². The summed E-state index contributed by atoms with van der Waals surface area (Å²) in [5.41, 5.74) is 2.20. The molecule has 1 heterocycles. The molecular weight excluding hydrogens is 334 g/mol. The van der Waals surface area contributed by atoms with Gasteiger partial charge in [-0.1, -0.05) is 17.7 Å². The van der Waals surface area contributed by atoms with Gasteiger partial charge in [-0.3, -0.25) is 14.9 Å². The van der Waals surface area contributed by atoms with E-state index in [2.05, 4.69) is 10.6 Å². The number of anilines is 2. The summed E-state index contributed by atoms with van der Waals surface area (Å²) in [6, 6.07) is 15.0. The Kier molecular flexibility index (Phi) is 4.98. The topological polar surface area (TPSA) is 97.4 Å². The third-order valence-corrected chi connectivity index (χ3v) is 3.80. The second-order valence-corrected chi connectivity index (χ2v) is 5.74. The molecule has 0 aliphatic carbocycles. The molecule has 2 aromatic carbocycles. The van der Waals surface area contributed by atoms with Crippen LogP contribution in [-0.4, -0.2) is 10.8 Å². The van der Waals surface area contributed by atoms with E-state index in [0.717, 1.165) is 5.56 Å². The number of carbonyl (C=O) groups excluding carboxylic acids is 1. The molecule has 0 aliphatic heterocycles. The van der Waals surface area contributed by atoms with E-state index >= 15 is 0 Å². The van der Waals surface area contributed by atoms with Crippen molar-refractivity contribution in [2.75, 3.05) is 10.6 Å². The zero-order valence-corrected chi connectivity index (χ0v) is 14.1. The monoisotopic (exact) mass is 351 g/mol. The van der Waals surface area contributed by atoms with Crippen molar-refractivity contribution in [2.24, 2.45) is 0 Å². The first kappa shape index (κ1) is 17.2. The van der Waals surface area contributed by atoms with Gasteiger partial charge in [0.2, 0.25) is 0 Å². The van der Waals surface area contributed by atoms with Gasteiger partial charge in [-0.05, 0) is 37.3 Å². The Bertz CT molecular complexity index is 918. The predicted molar refractivity (Wildman–Crippen MR) is 98.3 cm³/mol. The Balaban J connectivity index is 1.85. The number of furan rings is 1. The molecule has 3 rings (SSSR count). The second kappa shape index (κ2) is 7.52. The fourth-order valence-electron chi connectivity index (χ4n) is 2.42. The largest absolute Gasteiger partial charge is 0.467 e. The number of hydrogen-bond acceptors (Lipinski definition) is 5. The van der Waals surface area contributed by atoms with Gasteiger partial charge in [-0.15, -0.1) is 0 Å². The number of nitrogens with one attached hydrogen (secondary N) is 2. The summed E-state index contributed by atoms with van der Waals surface area (Å²) >= 11 is 0. The summed E-state index contributed by atoms with van der Waals surface area (Å²) in [5, 5.41) is 16.9. The van der Waals surface area contributed by atoms with E-state index in [0.29, 0.717) is 23.7 Å². The Hall–Kier alpha value is -3.61. The number of carbonyl (C=O) groups is 1. The van der Waals surface area contributed by atoms with Crippen LogP contribution in [0.1, 0.15) is 21.7 Å². The first-order valence-electron chi connectivity index (χ1n) is 7.95. The van der Waals surface area contributed by atoms with E-state index in [1.807, 2.05) is 19.1 Å². The number of nitro benzene ring substituents is 1. The molecule has 0 aliphatic rings. The van der Waals surface area contributed by atoms with E-state index in [-0.39, 0.29) is 11.3 Å². The minimum atomic E-state index is -0.529. The minimum Gasteiger partial charge on any atom is -0.467 e. The molecule has 0 radical (unpaired) electrons. The van der Waals surface area contributed by atoms with E-state index in [9.17, 15) is 14.9 Å². The number of nitro groups is 1. The number of hydrogen-bond donors (Lipinski definition) is 2. The third-order valence-electron chi connectivity index (χ3n) is 3.80. The maximum absolute atomic E-state index is 12.7. The normalized spacial score (nSPS) is 10.3. The lowest BCUT2D eigenvalue weighted by molar-refractivity contribution is -0.384. The summed E-state index contributed by atoms with van der Waals surface area (Å²) in [5.74, 6) is 0.257. The van der Waals surface area contributed by atoms with Crippen LogP contribution in [0.2, 0.25) is 0 Å². The maximum atomic E-state index is 12.7. The van der Waals surface area contributed by atoms with Crippen molar-refractivity contribution in [3.05, 3.63) is 87.9 Å². The van der Waals surface area contributed by atoms with Crippen molar-refractivity contribution in [1.29, 1.82) is 0 Å². The lowest BCUT2D eigenvalue weighted by Crippen LogP contribution is -2.15. The minimum absolute atomic E-state index is 0.150. The molecule has 1 aromatic heterocycles. The van der Waals surface area contributed by atoms with Crippen LogP contribution in [0.5, 0.6) is 0 Å². The molecule has 0 bridgehead atoms. The summed E-state index contributed by atoms with van der Waals surface area (Å²) in [4.78, 5) is 23.2. The maximum Gasteiger partial charge on any atom is 0.270 e. The number of benzene rings is 2. The number of rotatable bonds is 6. The molecule has 0 saturated carbocycles. The molecule has 0 atom stereocenters. The number of non-ortho nitro benzene ring substituents is 1. The van der Waals surface area contributed by atoms with Gasteiger partial charge in [0.1, 0.15) is 5.76 Å². The van der Waals surface area contributed by atoms with Gasteiger partial charge in [0.15, 0.2) is 0 Å². The summed E-state index contributed by atoms with van der Waals surface area (Å²) in [6.45, 7) is 2.30. The summed E-state index contributed by atoms with van der Waals surface area (Å²) < 4.78 is 5.25. The van der Waals surface area contributed by atoms with Crippen molar-refractivity contribution in [1.82, 2.24) is 0 Å². The summed E-state index contributed by atoms with van der Waals surface area (Å²) in [7, 11) is 0. The van der Waals surface area contributed by atoms with Gasteiger partial charge in [0, 0.05) is 23.5 Å². The van der Waals surface area contributed by atoms with Gasteiger partial charge in [-0.2, -0.15) is 0 Å². The molecule has 2 N–H and O–H groups in total. The van der Waals surface area contributed by atoms with E-state index in [1.165, 1.54) is 18.2 Å². The third kappa shape index (κ3) is 4.07. The molecular formula is C19H17N3O4. The van der Waals surface area contributed by atoms with Crippen molar-refractivity contribution < 1.29 is 14.1 Å². The van der Waals surface area contributed by atoms with Crippen LogP contribution in [0.4, 0.5) is 17.1 Å². The molecule has 0 spiro atoms. The molecule has 26 heavy (non-hydrogen) atoms. The first-order valence-corrected chi connectivity index (χ1v) is 7.95. The Morgan fingerprint density at radius 3 is 2.58 bits per heavy atom. The van der Waals surface area contributed by atoms with Crippen LogP contribution < -0.4 is 10.6 Å². The fourth-order valence-corrected chi connectivity index (χ4v) is 2.42. The smallest absolute Gasteiger partial charge is 0.270 e. The quantitative estimate of drug-likeness (QED) is 0.508. The second-order valence-electron chi connectivity index (χ2n) is 5.74. The lowest BCUT2D eigenvalue weighted by atomic mass is 10.1. The van der Waals surface area contributed by atoms with Crippen LogP contribution in [-0.2, 0) is 6.54 Å². The SMILES string of the molecule is Cc1ccc(NC(=O)c2cc([N+](=O)[O-])ccc2NCc2ccco2)cc1. The summed E-state index contributed by atoms with van der Waals surface area (Å²) in [6.07, 6.45) is 1.55. The average molecular weight is 351 g/mol. The van der Waals surface area contributed by atoms with Gasteiger partial charge < -0.3 is 15.1 Å². The zero-order valence-electron chi connectivity index (χ0n) is 14.1. The Morgan fingerprint density at radius 1 is 1.15 bits per heavy atom. The zero-order chi connectivity index (χ0) is 18.5. The number of amides is 1. The highest BCUT2D eigenvalue weighted by atomic mass is 16.6. The molecule has 7 nitrogen and oxygen atoms in total. The molecule has 0 saturated heterocycles. The standard InChI is InChI=1S/C19H17N3O4/c1-13-4-6-14(7-5-13)21-19(23)17-11-15(22(24)25)8-9-18(17)20-12-16-3-2-10-26-16/h2-11,20H,12H2,1H3,(H,21,23). The highest BCUT2D eigenvalue weighted by Crippen LogP contribution is 2.24. The van der Waals surface area contributed by atoms with Crippen LogP contribution in [0.3, 0.4) is 0 Å². The van der Waals surface area contributed by atoms with Crippen molar-refractivity contribution in [3.63, 3.8) is 0 Å². The van der Waals surface area contributed by atoms with Crippen molar-refractivity contribution in [2.45, 2.75) is 13.5 Å². The number of aryl methyl sites for hydroxylation is 1. The molecule has 0 unspecified atom stereocenters. The van der Waals surface area contributed by atoms with Crippen LogP contribution in [0, 0.1) is 17.0 Å². The highest BCUT2D eigenvalue weighted by Gasteiger charge is 2.17. The number of nitrogens with zero attached hydrogens (tertiary/aromatic N) is 1. The van der Waals surface area contributed by atoms with Gasteiger partial charge >= 0.3 is 0 Å². The van der Waals surface area contributed by atoms with Gasteiger partial charge in [-0.25, -0.2) is 0 Å². The average Bonchev–Trinajstić information content (AvgIpc) is 3.15. The van der Waals surface area contributed by atoms with E-state index < -0.39 is 10.8 Å². The van der Waals surface area contributed by atoms with Gasteiger partial charge in [0.05, 0.1) is 23.3 Å². The Morgan fingerprint density at radius 2 is 1.92 bits per heavy atom. The van der Waals surface area contributed by atoms with Crippen molar-refractivity contribution >= 4 is 23.0 Å². The molecule has 0 fully saturated rings. The molecule has 132 valence electrons.